The Kier molecular flexibility index (Phi) is 7.01. The van der Waals surface area contributed by atoms with Crippen LogP contribution >= 0.6 is 0 Å². The Morgan fingerprint density at radius 2 is 1.95 bits per heavy atom. The summed E-state index contributed by atoms with van der Waals surface area (Å²) in [5.41, 5.74) is -0.880. The van der Waals surface area contributed by atoms with Gasteiger partial charge in [-0.3, -0.25) is 9.52 Å². The third-order valence-corrected chi connectivity index (χ3v) is 8.50. The minimum Gasteiger partial charge on any atom is -0.495 e. The van der Waals surface area contributed by atoms with Gasteiger partial charge in [0.05, 0.1) is 18.4 Å². The van der Waals surface area contributed by atoms with Crippen LogP contribution in [0.3, 0.4) is 0 Å². The number of piperidine rings is 2. The van der Waals surface area contributed by atoms with Crippen molar-refractivity contribution in [3.8, 4) is 16.9 Å². The second-order valence-electron chi connectivity index (χ2n) is 9.35. The fourth-order valence-electron chi connectivity index (χ4n) is 5.20. The van der Waals surface area contributed by atoms with Gasteiger partial charge in [-0.15, -0.1) is 0 Å². The van der Waals surface area contributed by atoms with Crippen molar-refractivity contribution in [2.24, 2.45) is 5.92 Å². The number of rotatable bonds is 6. The number of aromatic nitrogens is 1. The van der Waals surface area contributed by atoms with Crippen LogP contribution in [0.1, 0.15) is 24.8 Å². The summed E-state index contributed by atoms with van der Waals surface area (Å²) in [5.74, 6) is -1.20. The lowest BCUT2D eigenvalue weighted by Gasteiger charge is -2.46. The molecule has 1 amide bonds. The van der Waals surface area contributed by atoms with Crippen LogP contribution in [-0.4, -0.2) is 50.0 Å². The Morgan fingerprint density at radius 3 is 2.64 bits per heavy atom. The molecule has 0 unspecified atom stereocenters. The van der Waals surface area contributed by atoms with Crippen LogP contribution in [0.4, 0.5) is 29.1 Å². The summed E-state index contributed by atoms with van der Waals surface area (Å²) in [6.07, 6.45) is -2.55. The Bertz CT molecular complexity index is 1480. The van der Waals surface area contributed by atoms with Gasteiger partial charge in [0.25, 0.3) is 0 Å². The number of amides is 1. The minimum atomic E-state index is -4.60. The maximum absolute atomic E-state index is 15.4. The molecule has 2 atom stereocenters. The summed E-state index contributed by atoms with van der Waals surface area (Å²) in [7, 11) is -2.61. The van der Waals surface area contributed by atoms with Crippen LogP contribution in [0, 0.1) is 11.7 Å². The van der Waals surface area contributed by atoms with Crippen molar-refractivity contribution in [1.29, 1.82) is 0 Å². The highest BCUT2D eigenvalue weighted by Gasteiger charge is 2.44. The van der Waals surface area contributed by atoms with E-state index in [9.17, 15) is 26.4 Å². The van der Waals surface area contributed by atoms with Gasteiger partial charge in [-0.05, 0) is 42.5 Å². The molecule has 14 heteroatoms. The van der Waals surface area contributed by atoms with E-state index in [1.54, 1.807) is 0 Å². The first-order valence-electron chi connectivity index (χ1n) is 12.0. The first-order valence-corrected chi connectivity index (χ1v) is 13.5. The number of carbonyl (C=O) groups is 1. The standard InChI is InChI=1S/C25H24F4N4O5S/c1-37-22-12-18(15-3-2-4-17(11-15)25(27,28)29)19(26)13-21(22)33-20-7-9-32(14-16(20)5-6-24(33)34)39(35,36)31-23-8-10-38-30-23/h2-4,8,10-13,16,20H,5-7,9,14H2,1H3,(H,30,31)/t16-,20+/m0/s1. The maximum atomic E-state index is 15.4. The zero-order chi connectivity index (χ0) is 27.9. The van der Waals surface area contributed by atoms with E-state index in [1.807, 2.05) is 0 Å². The molecule has 2 saturated heterocycles. The van der Waals surface area contributed by atoms with Crippen molar-refractivity contribution in [3.63, 3.8) is 0 Å². The normalized spacial score (nSPS) is 20.5. The van der Waals surface area contributed by atoms with Gasteiger partial charge < -0.3 is 14.2 Å². The van der Waals surface area contributed by atoms with E-state index in [-0.39, 0.29) is 66.1 Å². The van der Waals surface area contributed by atoms with Gasteiger partial charge in [0.2, 0.25) is 5.91 Å². The summed E-state index contributed by atoms with van der Waals surface area (Å²) < 4.78 is 94.5. The summed E-state index contributed by atoms with van der Waals surface area (Å²) in [4.78, 5) is 14.5. The molecule has 39 heavy (non-hydrogen) atoms. The van der Waals surface area contributed by atoms with E-state index in [2.05, 4.69) is 14.4 Å². The van der Waals surface area contributed by atoms with E-state index >= 15 is 4.39 Å². The average molecular weight is 569 g/mol. The molecule has 2 fully saturated rings. The number of halogens is 4. The molecule has 5 rings (SSSR count). The Labute approximate surface area is 221 Å². The largest absolute Gasteiger partial charge is 0.495 e. The Balaban J connectivity index is 1.44. The summed E-state index contributed by atoms with van der Waals surface area (Å²) in [6.45, 7) is 0.208. The molecule has 0 spiro atoms. The van der Waals surface area contributed by atoms with Crippen LogP contribution in [0.5, 0.6) is 5.75 Å². The number of carbonyl (C=O) groups excluding carboxylic acids is 1. The average Bonchev–Trinajstić information content (AvgIpc) is 3.40. The quantitative estimate of drug-likeness (QED) is 0.433. The summed E-state index contributed by atoms with van der Waals surface area (Å²) in [5, 5.41) is 3.56. The predicted molar refractivity (Wildman–Crippen MR) is 133 cm³/mol. The van der Waals surface area contributed by atoms with Gasteiger partial charge in [0, 0.05) is 43.2 Å². The number of benzene rings is 2. The molecule has 2 aliphatic rings. The molecular formula is C25H24F4N4O5S. The molecule has 0 aliphatic carbocycles. The third kappa shape index (κ3) is 5.30. The molecule has 3 heterocycles. The van der Waals surface area contributed by atoms with E-state index < -0.39 is 33.8 Å². The van der Waals surface area contributed by atoms with Crippen LogP contribution in [0.25, 0.3) is 11.1 Å². The van der Waals surface area contributed by atoms with E-state index in [0.717, 1.165) is 18.2 Å². The lowest BCUT2D eigenvalue weighted by atomic mass is 9.84. The summed E-state index contributed by atoms with van der Waals surface area (Å²) >= 11 is 0. The van der Waals surface area contributed by atoms with Crippen LogP contribution in [0.15, 0.2) is 53.3 Å². The number of alkyl halides is 3. The minimum absolute atomic E-state index is 0.00755. The number of fused-ring (bicyclic) bond motifs is 1. The van der Waals surface area contributed by atoms with E-state index in [4.69, 9.17) is 4.74 Å². The number of anilines is 2. The van der Waals surface area contributed by atoms with Crippen molar-refractivity contribution >= 4 is 27.6 Å². The molecule has 0 bridgehead atoms. The summed E-state index contributed by atoms with van der Waals surface area (Å²) in [6, 6.07) is 7.60. The van der Waals surface area contributed by atoms with Gasteiger partial charge >= 0.3 is 16.4 Å². The van der Waals surface area contributed by atoms with Crippen LogP contribution in [0.2, 0.25) is 0 Å². The van der Waals surface area contributed by atoms with Crippen LogP contribution < -0.4 is 14.4 Å². The first kappa shape index (κ1) is 26.9. The molecule has 208 valence electrons. The molecule has 3 aromatic rings. The second kappa shape index (κ2) is 10.2. The zero-order valence-corrected chi connectivity index (χ0v) is 21.4. The molecule has 2 aromatic carbocycles. The number of ether oxygens (including phenoxy) is 1. The number of hydrogen-bond acceptors (Lipinski definition) is 6. The second-order valence-corrected chi connectivity index (χ2v) is 11.0. The molecule has 1 aromatic heterocycles. The van der Waals surface area contributed by atoms with Crippen molar-refractivity contribution in [3.05, 3.63) is 60.1 Å². The topological polar surface area (TPSA) is 105 Å². The number of hydrogen-bond donors (Lipinski definition) is 1. The molecular weight excluding hydrogens is 544 g/mol. The van der Waals surface area contributed by atoms with Crippen molar-refractivity contribution in [2.75, 3.05) is 29.8 Å². The fourth-order valence-corrected chi connectivity index (χ4v) is 6.43. The molecule has 1 N–H and O–H groups in total. The van der Waals surface area contributed by atoms with Crippen molar-refractivity contribution < 1.29 is 40.0 Å². The number of nitrogens with zero attached hydrogens (tertiary/aromatic N) is 3. The number of methoxy groups -OCH3 is 1. The highest BCUT2D eigenvalue weighted by Crippen LogP contribution is 2.42. The first-order chi connectivity index (χ1) is 18.5. The fraction of sp³-hybridized carbons (Fsp3) is 0.360. The number of nitrogens with one attached hydrogen (secondary N) is 1. The Morgan fingerprint density at radius 1 is 1.15 bits per heavy atom. The van der Waals surface area contributed by atoms with E-state index in [1.165, 1.54) is 46.8 Å². The lowest BCUT2D eigenvalue weighted by Crippen LogP contribution is -2.57. The molecule has 0 radical (unpaired) electrons. The third-order valence-electron chi connectivity index (χ3n) is 7.03. The predicted octanol–water partition coefficient (Wildman–Crippen LogP) is 4.68. The smallest absolute Gasteiger partial charge is 0.416 e. The van der Waals surface area contributed by atoms with E-state index in [0.29, 0.717) is 6.42 Å². The lowest BCUT2D eigenvalue weighted by molar-refractivity contribution is -0.137. The molecule has 2 aliphatic heterocycles. The monoisotopic (exact) mass is 568 g/mol. The highest BCUT2D eigenvalue weighted by molar-refractivity contribution is 7.90. The maximum Gasteiger partial charge on any atom is 0.416 e. The Hall–Kier alpha value is -3.65. The van der Waals surface area contributed by atoms with Crippen LogP contribution in [-0.2, 0) is 21.2 Å². The van der Waals surface area contributed by atoms with Gasteiger partial charge in [0.15, 0.2) is 5.82 Å². The van der Waals surface area contributed by atoms with Gasteiger partial charge in [-0.1, -0.05) is 17.3 Å². The highest BCUT2D eigenvalue weighted by atomic mass is 32.2. The molecule has 0 saturated carbocycles. The SMILES string of the molecule is COc1cc(-c2cccc(C(F)(F)F)c2)c(F)cc1N1C(=O)CC[C@H]2CN(S(=O)(=O)Nc3ccon3)CC[C@H]21. The van der Waals surface area contributed by atoms with Gasteiger partial charge in [-0.25, -0.2) is 4.39 Å². The van der Waals surface area contributed by atoms with Gasteiger partial charge in [-0.2, -0.15) is 25.9 Å². The van der Waals surface area contributed by atoms with Crippen molar-refractivity contribution in [1.82, 2.24) is 9.46 Å². The van der Waals surface area contributed by atoms with Crippen molar-refractivity contribution in [2.45, 2.75) is 31.5 Å². The van der Waals surface area contributed by atoms with Gasteiger partial charge in [0.1, 0.15) is 17.8 Å². The molecule has 9 nitrogen and oxygen atoms in total. The zero-order valence-electron chi connectivity index (χ0n) is 20.6.